The molecule has 1 aromatic rings. The molecule has 1 amide bonds. The van der Waals surface area contributed by atoms with Crippen LogP contribution in [0.25, 0.3) is 0 Å². The van der Waals surface area contributed by atoms with Gasteiger partial charge in [-0.2, -0.15) is 0 Å². The van der Waals surface area contributed by atoms with Gasteiger partial charge in [-0.15, -0.1) is 0 Å². The molecule has 2 saturated heterocycles. The number of morpholine rings is 1. The average Bonchev–Trinajstić information content (AvgIpc) is 2.73. The Hall–Kier alpha value is -1.58. The summed E-state index contributed by atoms with van der Waals surface area (Å²) in [6.45, 7) is 12.7. The summed E-state index contributed by atoms with van der Waals surface area (Å²) in [5.74, 6) is -0.253. The molecule has 0 aromatic heterocycles. The lowest BCUT2D eigenvalue weighted by atomic mass is 10.3. The zero-order valence-electron chi connectivity index (χ0n) is 15.6. The zero-order valence-corrected chi connectivity index (χ0v) is 16.5. The number of carbonyl (C=O) groups is 1. The van der Waals surface area contributed by atoms with Crippen LogP contribution in [0.5, 0.6) is 0 Å². The molecule has 2 heterocycles. The Morgan fingerprint density at radius 3 is 2.22 bits per heavy atom. The van der Waals surface area contributed by atoms with Crippen molar-refractivity contribution in [2.45, 2.75) is 4.90 Å². The van der Waals surface area contributed by atoms with Gasteiger partial charge in [-0.25, -0.2) is 8.51 Å². The van der Waals surface area contributed by atoms with Gasteiger partial charge in [-0.3, -0.25) is 14.6 Å². The van der Waals surface area contributed by atoms with Crippen molar-refractivity contribution in [1.29, 1.82) is 0 Å². The number of nitrogens with zero attached hydrogens (tertiary/aromatic N) is 3. The molecule has 0 radical (unpaired) electrons. The molecule has 2 fully saturated rings. The lowest BCUT2D eigenvalue weighted by Gasteiger charge is -2.35. The molecule has 0 bridgehead atoms. The van der Waals surface area contributed by atoms with E-state index in [1.54, 1.807) is 24.3 Å². The van der Waals surface area contributed by atoms with Gasteiger partial charge in [0, 0.05) is 58.0 Å². The van der Waals surface area contributed by atoms with Crippen LogP contribution >= 0.6 is 0 Å². The summed E-state index contributed by atoms with van der Waals surface area (Å²) in [4.78, 5) is 17.0. The zero-order chi connectivity index (χ0) is 19.1. The first-order chi connectivity index (χ1) is 13.2. The van der Waals surface area contributed by atoms with Crippen LogP contribution in [0.3, 0.4) is 0 Å². The van der Waals surface area contributed by atoms with Gasteiger partial charge in [-0.1, -0.05) is 6.58 Å². The van der Waals surface area contributed by atoms with Crippen LogP contribution in [-0.2, 0) is 20.5 Å². The van der Waals surface area contributed by atoms with Gasteiger partial charge in [0.25, 0.3) is 0 Å². The maximum Gasteiger partial charge on any atom is 0.247 e. The fourth-order valence-corrected chi connectivity index (χ4v) is 4.39. The highest BCUT2D eigenvalue weighted by atomic mass is 32.2. The molecule has 148 valence electrons. The molecule has 0 spiro atoms. The summed E-state index contributed by atoms with van der Waals surface area (Å²) in [5, 5.41) is 2.70. The molecular formula is C19H28N4O3S. The van der Waals surface area contributed by atoms with Gasteiger partial charge in [0.1, 0.15) is 11.0 Å². The SMILES string of the molecule is C=CC(=O)Nc1ccc(S(=O)N2CCN(CCN3CCOCC3)CC2)cc1. The molecule has 1 atom stereocenters. The fourth-order valence-electron chi connectivity index (χ4n) is 3.22. The molecule has 0 saturated carbocycles. The minimum absolute atomic E-state index is 0.253. The van der Waals surface area contributed by atoms with Gasteiger partial charge in [0.05, 0.1) is 18.1 Å². The molecule has 1 aromatic carbocycles. The number of nitrogens with one attached hydrogen (secondary N) is 1. The van der Waals surface area contributed by atoms with Crippen LogP contribution < -0.4 is 5.32 Å². The van der Waals surface area contributed by atoms with Crippen LogP contribution in [-0.4, -0.2) is 89.8 Å². The Morgan fingerprint density at radius 2 is 1.63 bits per heavy atom. The number of hydrogen-bond donors (Lipinski definition) is 1. The molecule has 27 heavy (non-hydrogen) atoms. The first kappa shape index (κ1) is 20.2. The number of ether oxygens (including phenoxy) is 1. The Bertz CT molecular complexity index is 653. The summed E-state index contributed by atoms with van der Waals surface area (Å²) in [7, 11) is -1.17. The van der Waals surface area contributed by atoms with Crippen molar-refractivity contribution < 1.29 is 13.7 Å². The second-order valence-electron chi connectivity index (χ2n) is 6.69. The van der Waals surface area contributed by atoms with E-state index in [4.69, 9.17) is 4.74 Å². The molecule has 2 aliphatic heterocycles. The Balaban J connectivity index is 1.43. The lowest BCUT2D eigenvalue weighted by molar-refractivity contribution is -0.111. The first-order valence-electron chi connectivity index (χ1n) is 9.38. The highest BCUT2D eigenvalue weighted by Crippen LogP contribution is 2.17. The molecule has 1 N–H and O–H groups in total. The average molecular weight is 393 g/mol. The minimum Gasteiger partial charge on any atom is -0.379 e. The number of carbonyl (C=O) groups excluding carboxylic acids is 1. The standard InChI is InChI=1S/C19H28N4O3S/c1-2-19(24)20-17-3-5-18(6-4-17)27(25)23-11-9-21(10-12-23)7-8-22-13-15-26-16-14-22/h2-6H,1,7-16H2,(H,20,24). The van der Waals surface area contributed by atoms with E-state index in [-0.39, 0.29) is 5.91 Å². The third-order valence-electron chi connectivity index (χ3n) is 4.91. The van der Waals surface area contributed by atoms with Gasteiger partial charge < -0.3 is 10.1 Å². The summed E-state index contributed by atoms with van der Waals surface area (Å²) in [5.41, 5.74) is 0.675. The molecule has 0 aliphatic carbocycles. The van der Waals surface area contributed by atoms with Crippen molar-refractivity contribution in [1.82, 2.24) is 14.1 Å². The fraction of sp³-hybridized carbons (Fsp3) is 0.526. The summed E-state index contributed by atoms with van der Waals surface area (Å²) in [6.07, 6.45) is 1.23. The van der Waals surface area contributed by atoms with Crippen molar-refractivity contribution in [3.05, 3.63) is 36.9 Å². The lowest BCUT2D eigenvalue weighted by Crippen LogP contribution is -2.49. The first-order valence-corrected chi connectivity index (χ1v) is 10.5. The second kappa shape index (κ2) is 10.1. The highest BCUT2D eigenvalue weighted by Gasteiger charge is 2.22. The van der Waals surface area contributed by atoms with E-state index in [1.165, 1.54) is 6.08 Å². The molecule has 8 heteroatoms. The van der Waals surface area contributed by atoms with E-state index in [2.05, 4.69) is 21.7 Å². The Labute approximate surface area is 163 Å². The number of benzene rings is 1. The second-order valence-corrected chi connectivity index (χ2v) is 8.18. The van der Waals surface area contributed by atoms with E-state index in [0.717, 1.165) is 70.5 Å². The van der Waals surface area contributed by atoms with E-state index < -0.39 is 11.0 Å². The quantitative estimate of drug-likeness (QED) is 0.695. The van der Waals surface area contributed by atoms with E-state index >= 15 is 0 Å². The van der Waals surface area contributed by atoms with Crippen molar-refractivity contribution in [3.8, 4) is 0 Å². The summed E-state index contributed by atoms with van der Waals surface area (Å²) >= 11 is 0. The van der Waals surface area contributed by atoms with Gasteiger partial charge in [0.2, 0.25) is 5.91 Å². The number of anilines is 1. The summed E-state index contributed by atoms with van der Waals surface area (Å²) < 4.78 is 20.2. The van der Waals surface area contributed by atoms with E-state index in [0.29, 0.717) is 5.69 Å². The predicted molar refractivity (Wildman–Crippen MR) is 107 cm³/mol. The largest absolute Gasteiger partial charge is 0.379 e. The van der Waals surface area contributed by atoms with Crippen molar-refractivity contribution in [2.75, 3.05) is 70.9 Å². The van der Waals surface area contributed by atoms with Crippen LogP contribution in [0, 0.1) is 0 Å². The third-order valence-corrected chi connectivity index (χ3v) is 6.42. The smallest absolute Gasteiger partial charge is 0.247 e. The molecule has 3 rings (SSSR count). The predicted octanol–water partition coefficient (Wildman–Crippen LogP) is 0.784. The number of piperazine rings is 1. The maximum absolute atomic E-state index is 12.8. The molecular weight excluding hydrogens is 364 g/mol. The van der Waals surface area contributed by atoms with Crippen molar-refractivity contribution >= 4 is 22.6 Å². The minimum atomic E-state index is -1.17. The number of amides is 1. The van der Waals surface area contributed by atoms with Crippen molar-refractivity contribution in [2.24, 2.45) is 0 Å². The van der Waals surface area contributed by atoms with Gasteiger partial charge in [0.15, 0.2) is 0 Å². The molecule has 2 aliphatic rings. The highest BCUT2D eigenvalue weighted by molar-refractivity contribution is 7.82. The van der Waals surface area contributed by atoms with Crippen molar-refractivity contribution in [3.63, 3.8) is 0 Å². The Kier molecular flexibility index (Phi) is 7.54. The Morgan fingerprint density at radius 1 is 1.04 bits per heavy atom. The molecule has 7 nitrogen and oxygen atoms in total. The van der Waals surface area contributed by atoms with E-state index in [1.807, 2.05) is 4.31 Å². The summed E-state index contributed by atoms with van der Waals surface area (Å²) in [6, 6.07) is 7.15. The molecule has 1 unspecified atom stereocenters. The number of rotatable bonds is 7. The normalized spacial score (nSPS) is 20.9. The van der Waals surface area contributed by atoms with Crippen LogP contribution in [0.1, 0.15) is 0 Å². The van der Waals surface area contributed by atoms with Crippen LogP contribution in [0.15, 0.2) is 41.8 Å². The topological polar surface area (TPSA) is 65.1 Å². The van der Waals surface area contributed by atoms with E-state index in [9.17, 15) is 9.00 Å². The number of hydrogen-bond acceptors (Lipinski definition) is 5. The van der Waals surface area contributed by atoms with Crippen LogP contribution in [0.4, 0.5) is 5.69 Å². The van der Waals surface area contributed by atoms with Gasteiger partial charge in [-0.05, 0) is 30.3 Å². The third kappa shape index (κ3) is 5.95. The van der Waals surface area contributed by atoms with Gasteiger partial charge >= 0.3 is 0 Å². The van der Waals surface area contributed by atoms with Crippen LogP contribution in [0.2, 0.25) is 0 Å². The maximum atomic E-state index is 12.8. The monoisotopic (exact) mass is 392 g/mol.